The first kappa shape index (κ1) is 10.4. The van der Waals surface area contributed by atoms with Gasteiger partial charge in [0, 0.05) is 10.9 Å². The highest BCUT2D eigenvalue weighted by molar-refractivity contribution is 9.09. The Morgan fingerprint density at radius 2 is 2.00 bits per heavy atom. The van der Waals surface area contributed by atoms with Crippen LogP contribution < -0.4 is 5.32 Å². The van der Waals surface area contributed by atoms with Gasteiger partial charge in [-0.1, -0.05) is 22.9 Å². The smallest absolute Gasteiger partial charge is 0.0133 e. The summed E-state index contributed by atoms with van der Waals surface area (Å²) in [5, 5.41) is 4.56. The minimum Gasteiger partial charge on any atom is -0.312 e. The summed E-state index contributed by atoms with van der Waals surface area (Å²) < 4.78 is 0. The predicted octanol–water partition coefficient (Wildman–Crippen LogP) is 2.55. The fourth-order valence-electron chi connectivity index (χ4n) is 0.788. The van der Waals surface area contributed by atoms with Crippen LogP contribution in [0, 0.1) is 0 Å². The average Bonchev–Trinajstić information content (AvgIpc) is 1.84. The molecule has 0 saturated carbocycles. The SMILES string of the molecule is CCCNC(C)(C)CCBr. The van der Waals surface area contributed by atoms with Crippen LogP contribution in [0.4, 0.5) is 0 Å². The molecule has 0 aromatic carbocycles. The first-order chi connectivity index (χ1) is 4.62. The van der Waals surface area contributed by atoms with E-state index in [4.69, 9.17) is 0 Å². The third-order valence-corrected chi connectivity index (χ3v) is 1.97. The minimum absolute atomic E-state index is 0.305. The fourth-order valence-corrected chi connectivity index (χ4v) is 1.78. The summed E-state index contributed by atoms with van der Waals surface area (Å²) in [7, 11) is 0. The molecule has 0 heterocycles. The van der Waals surface area contributed by atoms with Gasteiger partial charge in [0.2, 0.25) is 0 Å². The molecule has 0 unspecified atom stereocenters. The lowest BCUT2D eigenvalue weighted by molar-refractivity contribution is 0.381. The van der Waals surface area contributed by atoms with Crippen LogP contribution in [0.25, 0.3) is 0 Å². The molecule has 1 N–H and O–H groups in total. The summed E-state index contributed by atoms with van der Waals surface area (Å²) in [4.78, 5) is 0. The molecule has 0 amide bonds. The topological polar surface area (TPSA) is 12.0 Å². The third-order valence-electron chi connectivity index (χ3n) is 1.57. The van der Waals surface area contributed by atoms with E-state index in [0.29, 0.717) is 5.54 Å². The lowest BCUT2D eigenvalue weighted by Gasteiger charge is -2.25. The maximum Gasteiger partial charge on any atom is 0.0133 e. The van der Waals surface area contributed by atoms with Crippen LogP contribution in [0.15, 0.2) is 0 Å². The molecule has 2 heteroatoms. The largest absolute Gasteiger partial charge is 0.312 e. The number of hydrogen-bond donors (Lipinski definition) is 1. The van der Waals surface area contributed by atoms with Crippen molar-refractivity contribution in [3.8, 4) is 0 Å². The van der Waals surface area contributed by atoms with Crippen LogP contribution in [-0.4, -0.2) is 17.4 Å². The molecule has 62 valence electrons. The number of alkyl halides is 1. The summed E-state index contributed by atoms with van der Waals surface area (Å²) >= 11 is 3.44. The molecule has 0 aromatic heterocycles. The van der Waals surface area contributed by atoms with E-state index >= 15 is 0 Å². The molecular weight excluding hydrogens is 190 g/mol. The Hall–Kier alpha value is 0.440. The molecule has 0 aliphatic heterocycles. The molecule has 0 atom stereocenters. The van der Waals surface area contributed by atoms with Gasteiger partial charge in [-0.3, -0.25) is 0 Å². The normalized spacial score (nSPS) is 12.0. The molecule has 1 nitrogen and oxygen atoms in total. The Bertz CT molecular complexity index is 81.3. The van der Waals surface area contributed by atoms with E-state index in [1.807, 2.05) is 0 Å². The van der Waals surface area contributed by atoms with Gasteiger partial charge in [-0.2, -0.15) is 0 Å². The van der Waals surface area contributed by atoms with E-state index < -0.39 is 0 Å². The predicted molar refractivity (Wildman–Crippen MR) is 50.8 cm³/mol. The third kappa shape index (κ3) is 5.24. The molecule has 0 aliphatic carbocycles. The van der Waals surface area contributed by atoms with E-state index in [9.17, 15) is 0 Å². The van der Waals surface area contributed by atoms with Crippen molar-refractivity contribution >= 4 is 15.9 Å². The van der Waals surface area contributed by atoms with E-state index in [1.54, 1.807) is 0 Å². The van der Waals surface area contributed by atoms with E-state index in [0.717, 1.165) is 11.9 Å². The van der Waals surface area contributed by atoms with Gasteiger partial charge in [-0.05, 0) is 33.2 Å². The maximum atomic E-state index is 3.48. The Kier molecular flexibility index (Phi) is 5.36. The first-order valence-electron chi connectivity index (χ1n) is 3.93. The monoisotopic (exact) mass is 207 g/mol. The second-order valence-corrected chi connectivity index (χ2v) is 4.04. The first-order valence-corrected chi connectivity index (χ1v) is 5.05. The van der Waals surface area contributed by atoms with E-state index in [1.165, 1.54) is 12.8 Å². The Labute approximate surface area is 72.7 Å². The average molecular weight is 208 g/mol. The molecule has 10 heavy (non-hydrogen) atoms. The maximum absolute atomic E-state index is 3.48. The van der Waals surface area contributed by atoms with Gasteiger partial charge in [0.15, 0.2) is 0 Å². The van der Waals surface area contributed by atoms with Crippen molar-refractivity contribution in [1.29, 1.82) is 0 Å². The number of hydrogen-bond acceptors (Lipinski definition) is 1. The summed E-state index contributed by atoms with van der Waals surface area (Å²) in [5.41, 5.74) is 0.305. The van der Waals surface area contributed by atoms with E-state index in [2.05, 4.69) is 42.0 Å². The molecular formula is C8H18BrN. The summed E-state index contributed by atoms with van der Waals surface area (Å²) in [5.74, 6) is 0. The number of halogens is 1. The molecule has 0 radical (unpaired) electrons. The summed E-state index contributed by atoms with van der Waals surface area (Å²) in [6, 6.07) is 0. The van der Waals surface area contributed by atoms with Crippen molar-refractivity contribution in [3.05, 3.63) is 0 Å². The molecule has 0 saturated heterocycles. The van der Waals surface area contributed by atoms with Crippen molar-refractivity contribution in [1.82, 2.24) is 5.32 Å². The highest BCUT2D eigenvalue weighted by atomic mass is 79.9. The Balaban J connectivity index is 3.42. The quantitative estimate of drug-likeness (QED) is 0.684. The summed E-state index contributed by atoms with van der Waals surface area (Å²) in [6.45, 7) is 7.80. The van der Waals surface area contributed by atoms with Crippen LogP contribution in [0.2, 0.25) is 0 Å². The molecule has 0 aliphatic rings. The van der Waals surface area contributed by atoms with Crippen molar-refractivity contribution in [2.45, 2.75) is 39.2 Å². The van der Waals surface area contributed by atoms with Crippen LogP contribution in [0.1, 0.15) is 33.6 Å². The molecule has 0 rings (SSSR count). The molecule has 0 fully saturated rings. The Morgan fingerprint density at radius 3 is 2.40 bits per heavy atom. The molecule has 0 spiro atoms. The van der Waals surface area contributed by atoms with Gasteiger partial charge < -0.3 is 5.32 Å². The number of rotatable bonds is 5. The van der Waals surface area contributed by atoms with Gasteiger partial charge in [0.05, 0.1) is 0 Å². The van der Waals surface area contributed by atoms with Gasteiger partial charge in [0.25, 0.3) is 0 Å². The second kappa shape index (κ2) is 5.14. The zero-order chi connectivity index (χ0) is 8.04. The van der Waals surface area contributed by atoms with Crippen LogP contribution >= 0.6 is 15.9 Å². The van der Waals surface area contributed by atoms with Crippen LogP contribution in [-0.2, 0) is 0 Å². The van der Waals surface area contributed by atoms with Gasteiger partial charge in [0.1, 0.15) is 0 Å². The van der Waals surface area contributed by atoms with Crippen molar-refractivity contribution in [2.75, 3.05) is 11.9 Å². The van der Waals surface area contributed by atoms with Crippen LogP contribution in [0.3, 0.4) is 0 Å². The van der Waals surface area contributed by atoms with Crippen molar-refractivity contribution in [2.24, 2.45) is 0 Å². The fraction of sp³-hybridized carbons (Fsp3) is 1.00. The summed E-state index contributed by atoms with van der Waals surface area (Å²) in [6.07, 6.45) is 2.40. The molecule has 0 aromatic rings. The highest BCUT2D eigenvalue weighted by Gasteiger charge is 2.13. The van der Waals surface area contributed by atoms with E-state index in [-0.39, 0.29) is 0 Å². The zero-order valence-corrected chi connectivity index (χ0v) is 8.79. The minimum atomic E-state index is 0.305. The second-order valence-electron chi connectivity index (χ2n) is 3.25. The molecule has 0 bridgehead atoms. The lowest BCUT2D eigenvalue weighted by atomic mass is 10.0. The van der Waals surface area contributed by atoms with Crippen LogP contribution in [0.5, 0.6) is 0 Å². The zero-order valence-electron chi connectivity index (χ0n) is 7.21. The van der Waals surface area contributed by atoms with Gasteiger partial charge >= 0.3 is 0 Å². The standard InChI is InChI=1S/C8H18BrN/c1-4-7-10-8(2,3)5-6-9/h10H,4-7H2,1-3H3. The number of nitrogens with one attached hydrogen (secondary N) is 1. The Morgan fingerprint density at radius 1 is 1.40 bits per heavy atom. The highest BCUT2D eigenvalue weighted by Crippen LogP contribution is 2.09. The lowest BCUT2D eigenvalue weighted by Crippen LogP contribution is -2.39. The van der Waals surface area contributed by atoms with Crippen molar-refractivity contribution < 1.29 is 0 Å². The van der Waals surface area contributed by atoms with Gasteiger partial charge in [-0.15, -0.1) is 0 Å². The van der Waals surface area contributed by atoms with Gasteiger partial charge in [-0.25, -0.2) is 0 Å². The van der Waals surface area contributed by atoms with Crippen molar-refractivity contribution in [3.63, 3.8) is 0 Å².